The summed E-state index contributed by atoms with van der Waals surface area (Å²) in [5.74, 6) is -3.19. The molecular formula is C22H29FNO6PS. The molecule has 10 heteroatoms. The standard InChI is InChI=1S/C22H29FNO6PS/c1-6-11-28-20(25)18-14-16-13-15(9-10-17(16)32-18)19(23)31(27,30-8-3)24-22(4,5)21(26)29-12-7-2/h6,9-10,13-14,19H,1,7-8,11-12H2,2-5H3,(H,24,27)/t19-,31?/m1/s1. The molecule has 0 spiro atoms. The molecule has 0 fully saturated rings. The minimum Gasteiger partial charge on any atom is -0.464 e. The lowest BCUT2D eigenvalue weighted by Crippen LogP contribution is -2.46. The highest BCUT2D eigenvalue weighted by atomic mass is 32.1. The zero-order chi connectivity index (χ0) is 23.9. The molecule has 1 heterocycles. The summed E-state index contributed by atoms with van der Waals surface area (Å²) in [7, 11) is -4.16. The van der Waals surface area contributed by atoms with Gasteiger partial charge in [0.1, 0.15) is 17.0 Å². The van der Waals surface area contributed by atoms with Crippen LogP contribution in [0.1, 0.15) is 55.3 Å². The third-order valence-corrected chi connectivity index (χ3v) is 7.85. The highest BCUT2D eigenvalue weighted by Gasteiger charge is 2.44. The number of carbonyl (C=O) groups is 2. The van der Waals surface area contributed by atoms with Gasteiger partial charge in [-0.05, 0) is 56.3 Å². The Morgan fingerprint density at radius 2 is 2.00 bits per heavy atom. The van der Waals surface area contributed by atoms with E-state index in [0.29, 0.717) is 16.7 Å². The first kappa shape index (κ1) is 26.2. The average molecular weight is 486 g/mol. The first-order valence-electron chi connectivity index (χ1n) is 10.2. The first-order valence-corrected chi connectivity index (χ1v) is 12.8. The van der Waals surface area contributed by atoms with Crippen LogP contribution in [0.15, 0.2) is 36.9 Å². The normalized spacial score (nSPS) is 14.5. The third-order valence-electron chi connectivity index (χ3n) is 4.35. The number of hydrogen-bond acceptors (Lipinski definition) is 7. The Bertz CT molecular complexity index is 1020. The van der Waals surface area contributed by atoms with Gasteiger partial charge < -0.3 is 14.0 Å². The maximum absolute atomic E-state index is 15.6. The van der Waals surface area contributed by atoms with E-state index in [2.05, 4.69) is 11.7 Å². The fraction of sp³-hybridized carbons (Fsp3) is 0.455. The molecule has 0 bridgehead atoms. The second kappa shape index (κ2) is 11.2. The van der Waals surface area contributed by atoms with Crippen molar-refractivity contribution in [3.05, 3.63) is 47.4 Å². The van der Waals surface area contributed by atoms with Gasteiger partial charge in [0.2, 0.25) is 5.91 Å². The summed E-state index contributed by atoms with van der Waals surface area (Å²) >= 11 is 1.21. The average Bonchev–Trinajstić information content (AvgIpc) is 3.18. The molecule has 2 atom stereocenters. The van der Waals surface area contributed by atoms with Gasteiger partial charge in [-0.3, -0.25) is 9.36 Å². The molecule has 0 radical (unpaired) electrons. The Labute approximate surface area is 191 Å². The van der Waals surface area contributed by atoms with Crippen molar-refractivity contribution in [3.8, 4) is 0 Å². The fourth-order valence-corrected chi connectivity index (χ4v) is 5.92. The number of nitrogens with one attached hydrogen (secondary N) is 1. The van der Waals surface area contributed by atoms with Gasteiger partial charge in [-0.15, -0.1) is 11.3 Å². The van der Waals surface area contributed by atoms with Crippen molar-refractivity contribution in [2.75, 3.05) is 19.8 Å². The smallest absolute Gasteiger partial charge is 0.348 e. The summed E-state index contributed by atoms with van der Waals surface area (Å²) in [6.45, 7) is 10.1. The molecule has 1 aromatic carbocycles. The summed E-state index contributed by atoms with van der Waals surface area (Å²) < 4.78 is 45.3. The summed E-state index contributed by atoms with van der Waals surface area (Å²) in [6.07, 6.45) is 2.09. The van der Waals surface area contributed by atoms with Crippen LogP contribution in [-0.2, 0) is 23.4 Å². The Hall–Kier alpha value is -2.06. The molecule has 2 aromatic rings. The number of thiophene rings is 1. The molecule has 32 heavy (non-hydrogen) atoms. The van der Waals surface area contributed by atoms with Gasteiger partial charge in [-0.1, -0.05) is 25.6 Å². The van der Waals surface area contributed by atoms with Gasteiger partial charge >= 0.3 is 19.5 Å². The van der Waals surface area contributed by atoms with E-state index in [1.165, 1.54) is 43.4 Å². The van der Waals surface area contributed by atoms with E-state index in [1.807, 2.05) is 6.92 Å². The molecular weight excluding hydrogens is 456 g/mol. The quantitative estimate of drug-likeness (QED) is 0.232. The minimum atomic E-state index is -4.16. The van der Waals surface area contributed by atoms with Crippen molar-refractivity contribution in [1.29, 1.82) is 0 Å². The third kappa shape index (κ3) is 6.25. The highest BCUT2D eigenvalue weighted by Crippen LogP contribution is 2.59. The summed E-state index contributed by atoms with van der Waals surface area (Å²) in [4.78, 5) is 24.8. The molecule has 0 saturated carbocycles. The van der Waals surface area contributed by atoms with E-state index < -0.39 is 30.9 Å². The van der Waals surface area contributed by atoms with Crippen LogP contribution < -0.4 is 5.09 Å². The minimum absolute atomic E-state index is 0.0230. The Morgan fingerprint density at radius 3 is 2.62 bits per heavy atom. The van der Waals surface area contributed by atoms with Crippen LogP contribution in [0.4, 0.5) is 4.39 Å². The second-order valence-electron chi connectivity index (χ2n) is 7.52. The van der Waals surface area contributed by atoms with Crippen LogP contribution in [-0.4, -0.2) is 37.3 Å². The topological polar surface area (TPSA) is 90.9 Å². The zero-order valence-corrected chi connectivity index (χ0v) is 20.4. The molecule has 1 N–H and O–H groups in total. The molecule has 0 saturated heterocycles. The van der Waals surface area contributed by atoms with Gasteiger partial charge in [-0.25, -0.2) is 14.3 Å². The summed E-state index contributed by atoms with van der Waals surface area (Å²) in [6, 6.07) is 6.23. The Morgan fingerprint density at radius 1 is 1.28 bits per heavy atom. The molecule has 0 aliphatic rings. The van der Waals surface area contributed by atoms with Gasteiger partial charge in [0.25, 0.3) is 0 Å². The Kier molecular flexibility index (Phi) is 9.16. The fourth-order valence-electron chi connectivity index (χ4n) is 2.87. The van der Waals surface area contributed by atoms with E-state index in [9.17, 15) is 14.2 Å². The van der Waals surface area contributed by atoms with Gasteiger partial charge in [0.05, 0.1) is 13.2 Å². The maximum atomic E-state index is 15.6. The second-order valence-corrected chi connectivity index (χ2v) is 10.7. The Balaban J connectivity index is 2.32. The van der Waals surface area contributed by atoms with Crippen LogP contribution in [0, 0.1) is 0 Å². The highest BCUT2D eigenvalue weighted by molar-refractivity contribution is 7.57. The maximum Gasteiger partial charge on any atom is 0.348 e. The lowest BCUT2D eigenvalue weighted by molar-refractivity contribution is -0.149. The molecule has 0 aliphatic heterocycles. The first-order chi connectivity index (χ1) is 15.1. The number of alkyl halides is 1. The van der Waals surface area contributed by atoms with Crippen LogP contribution in [0.3, 0.4) is 0 Å². The number of fused-ring (bicyclic) bond motifs is 1. The SMILES string of the molecule is C=CCOC(=O)c1cc2cc([C@H](F)P(=O)(NC(C)(C)C(=O)OCCC)OCC)ccc2s1. The van der Waals surface area contributed by atoms with E-state index in [1.54, 1.807) is 19.1 Å². The van der Waals surface area contributed by atoms with E-state index >= 15 is 4.39 Å². The van der Waals surface area contributed by atoms with Gasteiger partial charge in [-0.2, -0.15) is 0 Å². The van der Waals surface area contributed by atoms with Crippen molar-refractivity contribution < 1.29 is 32.5 Å². The molecule has 7 nitrogen and oxygen atoms in total. The number of rotatable bonds is 12. The molecule has 1 aromatic heterocycles. The number of esters is 2. The van der Waals surface area contributed by atoms with Gasteiger partial charge in [0.15, 0.2) is 0 Å². The number of ether oxygens (including phenoxy) is 2. The molecule has 1 unspecified atom stereocenters. The zero-order valence-electron chi connectivity index (χ0n) is 18.7. The number of hydrogen-bond donors (Lipinski definition) is 1. The van der Waals surface area contributed by atoms with Crippen molar-refractivity contribution in [1.82, 2.24) is 5.09 Å². The van der Waals surface area contributed by atoms with Crippen molar-refractivity contribution in [3.63, 3.8) is 0 Å². The molecule has 0 aliphatic carbocycles. The lowest BCUT2D eigenvalue weighted by atomic mass is 10.1. The molecule has 176 valence electrons. The van der Waals surface area contributed by atoms with Gasteiger partial charge in [0, 0.05) is 4.70 Å². The van der Waals surface area contributed by atoms with Crippen LogP contribution in [0.5, 0.6) is 0 Å². The largest absolute Gasteiger partial charge is 0.464 e. The molecule has 0 amide bonds. The van der Waals surface area contributed by atoms with Crippen LogP contribution in [0.25, 0.3) is 10.1 Å². The van der Waals surface area contributed by atoms with Crippen molar-refractivity contribution >= 4 is 40.9 Å². The molecule has 2 rings (SSSR count). The lowest BCUT2D eigenvalue weighted by Gasteiger charge is -2.31. The predicted molar refractivity (Wildman–Crippen MR) is 124 cm³/mol. The number of benzene rings is 1. The monoisotopic (exact) mass is 485 g/mol. The predicted octanol–water partition coefficient (Wildman–Crippen LogP) is 5.76. The van der Waals surface area contributed by atoms with Crippen molar-refractivity contribution in [2.45, 2.75) is 45.6 Å². The van der Waals surface area contributed by atoms with Crippen molar-refractivity contribution in [2.24, 2.45) is 0 Å². The van der Waals surface area contributed by atoms with Crippen LogP contribution in [0.2, 0.25) is 0 Å². The number of halogens is 1. The van der Waals surface area contributed by atoms with E-state index in [4.69, 9.17) is 14.0 Å². The van der Waals surface area contributed by atoms with E-state index in [0.717, 1.165) is 4.70 Å². The summed E-state index contributed by atoms with van der Waals surface area (Å²) in [5, 5.41) is 3.18. The van der Waals surface area contributed by atoms with E-state index in [-0.39, 0.29) is 25.4 Å². The van der Waals surface area contributed by atoms with Crippen LogP contribution >= 0.6 is 18.9 Å². The number of carbonyl (C=O) groups excluding carboxylic acids is 2. The summed E-state index contributed by atoms with van der Waals surface area (Å²) in [5.41, 5.74) is -1.33.